The number of pyridine rings is 1. The minimum atomic E-state index is -0.185. The van der Waals surface area contributed by atoms with Crippen LogP contribution in [-0.2, 0) is 19.5 Å². The normalized spacial score (nSPS) is 13.1. The highest BCUT2D eigenvalue weighted by Crippen LogP contribution is 2.33. The summed E-state index contributed by atoms with van der Waals surface area (Å²) in [6, 6.07) is 5.61. The fourth-order valence-corrected chi connectivity index (χ4v) is 3.43. The molecule has 1 aromatic heterocycles. The molecule has 7 nitrogen and oxygen atoms in total. The van der Waals surface area contributed by atoms with Crippen molar-refractivity contribution in [2.75, 3.05) is 20.8 Å². The van der Waals surface area contributed by atoms with Crippen LogP contribution >= 0.6 is 0 Å². The van der Waals surface area contributed by atoms with Crippen molar-refractivity contribution >= 4 is 6.03 Å². The lowest BCUT2D eigenvalue weighted by atomic mass is 9.99. The predicted molar refractivity (Wildman–Crippen MR) is 102 cm³/mol. The molecule has 0 fully saturated rings. The van der Waals surface area contributed by atoms with Crippen LogP contribution in [0.3, 0.4) is 0 Å². The first-order chi connectivity index (χ1) is 12.9. The number of nitrogens with zero attached hydrogens (tertiary/aromatic N) is 1. The van der Waals surface area contributed by atoms with E-state index in [1.165, 1.54) is 0 Å². The van der Waals surface area contributed by atoms with Crippen molar-refractivity contribution in [2.24, 2.45) is 0 Å². The molecule has 2 heterocycles. The molecule has 0 bridgehead atoms. The van der Waals surface area contributed by atoms with E-state index >= 15 is 0 Å². The van der Waals surface area contributed by atoms with E-state index in [1.807, 2.05) is 32.0 Å². The number of aromatic amines is 1. The van der Waals surface area contributed by atoms with Gasteiger partial charge in [-0.2, -0.15) is 0 Å². The number of fused-ring (bicyclic) bond motifs is 1. The number of carbonyl (C=O) groups excluding carboxylic acids is 1. The van der Waals surface area contributed by atoms with E-state index in [9.17, 15) is 9.59 Å². The number of nitrogens with one attached hydrogen (secondary N) is 2. The second kappa shape index (κ2) is 7.73. The van der Waals surface area contributed by atoms with Gasteiger partial charge in [0.25, 0.3) is 5.56 Å². The van der Waals surface area contributed by atoms with Gasteiger partial charge >= 0.3 is 6.03 Å². The van der Waals surface area contributed by atoms with Crippen LogP contribution in [0, 0.1) is 13.8 Å². The molecule has 3 rings (SSSR count). The number of carbonyl (C=O) groups is 1. The highest BCUT2D eigenvalue weighted by Gasteiger charge is 2.23. The minimum Gasteiger partial charge on any atom is -0.493 e. The topological polar surface area (TPSA) is 83.7 Å². The number of amides is 2. The van der Waals surface area contributed by atoms with E-state index in [4.69, 9.17) is 9.47 Å². The molecule has 144 valence electrons. The Hall–Kier alpha value is -2.96. The Balaban J connectivity index is 1.70. The largest absolute Gasteiger partial charge is 0.493 e. The molecule has 0 atom stereocenters. The number of ether oxygens (including phenoxy) is 2. The third-order valence-electron chi connectivity index (χ3n) is 4.92. The maximum absolute atomic E-state index is 12.6. The van der Waals surface area contributed by atoms with Crippen molar-refractivity contribution < 1.29 is 14.3 Å². The van der Waals surface area contributed by atoms with Crippen molar-refractivity contribution in [3.8, 4) is 11.5 Å². The smallest absolute Gasteiger partial charge is 0.317 e. The van der Waals surface area contributed by atoms with E-state index in [0.717, 1.165) is 28.8 Å². The first-order valence-electron chi connectivity index (χ1n) is 8.89. The molecule has 0 aliphatic carbocycles. The molecule has 1 aliphatic rings. The molecular weight excluding hydrogens is 346 g/mol. The number of hydrogen-bond acceptors (Lipinski definition) is 4. The minimum absolute atomic E-state index is 0.159. The van der Waals surface area contributed by atoms with Crippen LogP contribution in [0.15, 0.2) is 23.0 Å². The summed E-state index contributed by atoms with van der Waals surface area (Å²) in [6.45, 7) is 5.02. The molecule has 7 heteroatoms. The number of aryl methyl sites for hydroxylation is 2. The van der Waals surface area contributed by atoms with Gasteiger partial charge in [-0.15, -0.1) is 0 Å². The average molecular weight is 371 g/mol. The van der Waals surface area contributed by atoms with Gasteiger partial charge in [0, 0.05) is 24.3 Å². The average Bonchev–Trinajstić information content (AvgIpc) is 2.65. The maximum Gasteiger partial charge on any atom is 0.317 e. The van der Waals surface area contributed by atoms with E-state index in [2.05, 4.69) is 10.3 Å². The molecule has 2 aromatic rings. The second-order valence-electron chi connectivity index (χ2n) is 6.75. The Morgan fingerprint density at radius 2 is 1.81 bits per heavy atom. The second-order valence-corrected chi connectivity index (χ2v) is 6.75. The van der Waals surface area contributed by atoms with Gasteiger partial charge < -0.3 is 24.7 Å². The molecule has 0 saturated carbocycles. The first-order valence-corrected chi connectivity index (χ1v) is 8.89. The van der Waals surface area contributed by atoms with Crippen LogP contribution in [0.5, 0.6) is 11.5 Å². The zero-order valence-corrected chi connectivity index (χ0v) is 16.1. The molecule has 2 N–H and O–H groups in total. The Morgan fingerprint density at radius 3 is 2.44 bits per heavy atom. The zero-order valence-electron chi connectivity index (χ0n) is 16.1. The van der Waals surface area contributed by atoms with Gasteiger partial charge in [-0.1, -0.05) is 0 Å². The molecule has 0 radical (unpaired) electrons. The summed E-state index contributed by atoms with van der Waals surface area (Å²) in [5.41, 5.74) is 4.30. The Bertz CT molecular complexity index is 920. The maximum atomic E-state index is 12.6. The third-order valence-corrected chi connectivity index (χ3v) is 4.92. The summed E-state index contributed by atoms with van der Waals surface area (Å²) in [5, 5.41) is 2.86. The molecule has 27 heavy (non-hydrogen) atoms. The van der Waals surface area contributed by atoms with Crippen molar-refractivity contribution in [2.45, 2.75) is 33.4 Å². The molecule has 1 aliphatic heterocycles. The Kier molecular flexibility index (Phi) is 5.39. The first kappa shape index (κ1) is 18.8. The van der Waals surface area contributed by atoms with Gasteiger partial charge in [-0.05, 0) is 55.2 Å². The third kappa shape index (κ3) is 3.92. The summed E-state index contributed by atoms with van der Waals surface area (Å²) in [4.78, 5) is 29.2. The standard InChI is InChI=1S/C20H25N3O4/c1-12-7-13(2)22-19(24)16(12)10-21-20(25)23-6-5-14-8-17(26-3)18(27-4)9-15(14)11-23/h7-9H,5-6,10-11H2,1-4H3,(H,21,25)(H,22,24). The SMILES string of the molecule is COc1cc2c(cc1OC)CN(C(=O)NCc1c(C)cc(C)[nH]c1=O)CC2. The van der Waals surface area contributed by atoms with Crippen LogP contribution in [-0.4, -0.2) is 36.7 Å². The van der Waals surface area contributed by atoms with E-state index in [-0.39, 0.29) is 18.1 Å². The van der Waals surface area contributed by atoms with E-state index in [1.54, 1.807) is 19.1 Å². The monoisotopic (exact) mass is 371 g/mol. The van der Waals surface area contributed by atoms with Crippen LogP contribution in [0.25, 0.3) is 0 Å². The Labute approximate surface area is 158 Å². The van der Waals surface area contributed by atoms with Crippen LogP contribution in [0.2, 0.25) is 0 Å². The van der Waals surface area contributed by atoms with E-state index < -0.39 is 0 Å². The fourth-order valence-electron chi connectivity index (χ4n) is 3.43. The fraction of sp³-hybridized carbons (Fsp3) is 0.400. The molecule has 0 unspecified atom stereocenters. The van der Waals surface area contributed by atoms with Gasteiger partial charge in [-0.3, -0.25) is 4.79 Å². The van der Waals surface area contributed by atoms with Gasteiger partial charge in [-0.25, -0.2) is 4.79 Å². The molecule has 1 aromatic carbocycles. The van der Waals surface area contributed by atoms with Crippen LogP contribution in [0.1, 0.15) is 27.9 Å². The van der Waals surface area contributed by atoms with Crippen molar-refractivity contribution in [3.63, 3.8) is 0 Å². The van der Waals surface area contributed by atoms with E-state index in [0.29, 0.717) is 30.2 Å². The highest BCUT2D eigenvalue weighted by atomic mass is 16.5. The van der Waals surface area contributed by atoms with Crippen LogP contribution in [0.4, 0.5) is 4.79 Å². The highest BCUT2D eigenvalue weighted by molar-refractivity contribution is 5.74. The lowest BCUT2D eigenvalue weighted by Gasteiger charge is -2.29. The number of benzene rings is 1. The molecule has 0 saturated heterocycles. The van der Waals surface area contributed by atoms with Gasteiger partial charge in [0.15, 0.2) is 11.5 Å². The number of aromatic nitrogens is 1. The van der Waals surface area contributed by atoms with Crippen molar-refractivity contribution in [1.82, 2.24) is 15.2 Å². The summed E-state index contributed by atoms with van der Waals surface area (Å²) in [6.07, 6.45) is 0.743. The summed E-state index contributed by atoms with van der Waals surface area (Å²) in [5.74, 6) is 1.35. The zero-order chi connectivity index (χ0) is 19.6. The summed E-state index contributed by atoms with van der Waals surface area (Å²) >= 11 is 0. The number of methoxy groups -OCH3 is 2. The van der Waals surface area contributed by atoms with Crippen molar-refractivity contribution in [3.05, 3.63) is 56.5 Å². The molecular formula is C20H25N3O4. The Morgan fingerprint density at radius 1 is 1.15 bits per heavy atom. The van der Waals surface area contributed by atoms with Crippen molar-refractivity contribution in [1.29, 1.82) is 0 Å². The predicted octanol–water partition coefficient (Wildman–Crippen LogP) is 2.28. The lowest BCUT2D eigenvalue weighted by molar-refractivity contribution is 0.191. The lowest BCUT2D eigenvalue weighted by Crippen LogP contribution is -2.43. The summed E-state index contributed by atoms with van der Waals surface area (Å²) in [7, 11) is 3.21. The van der Waals surface area contributed by atoms with Gasteiger partial charge in [0.05, 0.1) is 20.8 Å². The number of hydrogen-bond donors (Lipinski definition) is 2. The molecule has 2 amide bonds. The summed E-state index contributed by atoms with van der Waals surface area (Å²) < 4.78 is 10.7. The number of H-pyrrole nitrogens is 1. The van der Waals surface area contributed by atoms with Gasteiger partial charge in [0.1, 0.15) is 0 Å². The van der Waals surface area contributed by atoms with Gasteiger partial charge in [0.2, 0.25) is 0 Å². The van der Waals surface area contributed by atoms with Crippen LogP contribution < -0.4 is 20.3 Å². The number of rotatable bonds is 4. The quantitative estimate of drug-likeness (QED) is 0.864. The number of urea groups is 1. The molecule has 0 spiro atoms.